The van der Waals surface area contributed by atoms with E-state index in [-0.39, 0.29) is 29.6 Å². The van der Waals surface area contributed by atoms with Crippen molar-refractivity contribution in [1.82, 2.24) is 25.1 Å². The van der Waals surface area contributed by atoms with Crippen LogP contribution in [0, 0.1) is 0 Å². The predicted octanol–water partition coefficient (Wildman–Crippen LogP) is 1.82. The van der Waals surface area contributed by atoms with Crippen LogP contribution in [0.3, 0.4) is 0 Å². The average molecular weight is 302 g/mol. The highest BCUT2D eigenvalue weighted by Crippen LogP contribution is 2.21. The number of hydrogen-bond donors (Lipinski definition) is 3. The number of aromatic nitrogens is 4. The largest absolute Gasteiger partial charge is 0.492 e. The molecule has 0 aliphatic heterocycles. The molecule has 3 rings (SSSR count). The molecule has 0 unspecified atom stereocenters. The van der Waals surface area contributed by atoms with E-state index in [1.807, 2.05) is 0 Å². The van der Waals surface area contributed by atoms with E-state index in [4.69, 9.17) is 0 Å². The average Bonchev–Trinajstić information content (AvgIpc) is 3.04. The number of amides is 2. The number of rotatable bonds is 3. The van der Waals surface area contributed by atoms with Crippen molar-refractivity contribution in [3.63, 3.8) is 0 Å². The van der Waals surface area contributed by atoms with Gasteiger partial charge < -0.3 is 15.7 Å². The number of urea groups is 1. The lowest BCUT2D eigenvalue weighted by atomic mass is 9.96. The maximum absolute atomic E-state index is 11.9. The van der Waals surface area contributed by atoms with Crippen LogP contribution in [0.2, 0.25) is 0 Å². The number of hydrogen-bond acceptors (Lipinski definition) is 5. The van der Waals surface area contributed by atoms with Crippen molar-refractivity contribution in [2.75, 3.05) is 5.32 Å². The number of aromatic hydroxyl groups is 1. The monoisotopic (exact) mass is 302 g/mol. The quantitative estimate of drug-likeness (QED) is 0.802. The normalized spacial score (nSPS) is 15.5. The molecule has 1 aliphatic rings. The van der Waals surface area contributed by atoms with E-state index in [0.29, 0.717) is 0 Å². The van der Waals surface area contributed by atoms with Crippen molar-refractivity contribution in [3.8, 4) is 11.8 Å². The van der Waals surface area contributed by atoms with Crippen molar-refractivity contribution in [1.29, 1.82) is 0 Å². The SMILES string of the molecule is O=C(Nc1cnc(-n2cccn2)nc1O)NC1CCCCC1. The zero-order valence-electron chi connectivity index (χ0n) is 12.1. The summed E-state index contributed by atoms with van der Waals surface area (Å²) in [7, 11) is 0. The van der Waals surface area contributed by atoms with Gasteiger partial charge in [0.25, 0.3) is 5.95 Å². The van der Waals surface area contributed by atoms with Gasteiger partial charge in [0.1, 0.15) is 5.69 Å². The van der Waals surface area contributed by atoms with Crippen molar-refractivity contribution in [3.05, 3.63) is 24.7 Å². The van der Waals surface area contributed by atoms with E-state index >= 15 is 0 Å². The molecule has 8 heteroatoms. The topological polar surface area (TPSA) is 105 Å². The number of carbonyl (C=O) groups is 1. The predicted molar refractivity (Wildman–Crippen MR) is 79.8 cm³/mol. The van der Waals surface area contributed by atoms with Gasteiger partial charge >= 0.3 is 6.03 Å². The summed E-state index contributed by atoms with van der Waals surface area (Å²) in [5.74, 6) is -0.0555. The van der Waals surface area contributed by atoms with E-state index < -0.39 is 0 Å². The van der Waals surface area contributed by atoms with Crippen molar-refractivity contribution in [2.45, 2.75) is 38.1 Å². The second kappa shape index (κ2) is 6.42. The van der Waals surface area contributed by atoms with Crippen molar-refractivity contribution < 1.29 is 9.90 Å². The molecule has 1 fully saturated rings. The van der Waals surface area contributed by atoms with Gasteiger partial charge in [-0.05, 0) is 18.9 Å². The van der Waals surface area contributed by atoms with Crippen LogP contribution in [0.5, 0.6) is 5.88 Å². The molecule has 116 valence electrons. The molecule has 0 bridgehead atoms. The third kappa shape index (κ3) is 3.33. The molecule has 2 aromatic rings. The van der Waals surface area contributed by atoms with E-state index in [0.717, 1.165) is 25.7 Å². The number of anilines is 1. The Labute approximate surface area is 127 Å². The van der Waals surface area contributed by atoms with Crippen LogP contribution >= 0.6 is 0 Å². The summed E-state index contributed by atoms with van der Waals surface area (Å²) in [6, 6.07) is 1.57. The van der Waals surface area contributed by atoms with Crippen LogP contribution in [-0.2, 0) is 0 Å². The molecule has 2 heterocycles. The van der Waals surface area contributed by atoms with E-state index in [1.165, 1.54) is 17.3 Å². The van der Waals surface area contributed by atoms with Gasteiger partial charge in [-0.3, -0.25) is 0 Å². The number of carbonyl (C=O) groups excluding carboxylic acids is 1. The highest BCUT2D eigenvalue weighted by Gasteiger charge is 2.17. The second-order valence-electron chi connectivity index (χ2n) is 5.29. The maximum atomic E-state index is 11.9. The standard InChI is InChI=1S/C14H18N6O2/c21-12-11(9-15-13(19-12)20-8-4-7-16-20)18-14(22)17-10-5-2-1-3-6-10/h4,7-10H,1-3,5-6H2,(H,15,19,21)(H2,17,18,22). The Morgan fingerprint density at radius 1 is 1.32 bits per heavy atom. The summed E-state index contributed by atoms with van der Waals surface area (Å²) < 4.78 is 1.42. The van der Waals surface area contributed by atoms with E-state index in [1.54, 1.807) is 18.5 Å². The molecule has 1 aliphatic carbocycles. The van der Waals surface area contributed by atoms with E-state index in [2.05, 4.69) is 25.7 Å². The minimum atomic E-state index is -0.349. The molecule has 0 saturated heterocycles. The van der Waals surface area contributed by atoms with Gasteiger partial charge in [0.2, 0.25) is 5.88 Å². The third-order valence-electron chi connectivity index (χ3n) is 3.65. The Morgan fingerprint density at radius 3 is 2.82 bits per heavy atom. The molecular formula is C14H18N6O2. The second-order valence-corrected chi connectivity index (χ2v) is 5.29. The van der Waals surface area contributed by atoms with Gasteiger partial charge in [0.05, 0.1) is 6.20 Å². The van der Waals surface area contributed by atoms with Gasteiger partial charge in [-0.25, -0.2) is 14.5 Å². The fourth-order valence-corrected chi connectivity index (χ4v) is 2.54. The fraction of sp³-hybridized carbons (Fsp3) is 0.429. The molecule has 2 amide bonds. The Bertz CT molecular complexity index is 637. The summed E-state index contributed by atoms with van der Waals surface area (Å²) in [4.78, 5) is 19.9. The molecular weight excluding hydrogens is 284 g/mol. The zero-order valence-corrected chi connectivity index (χ0v) is 12.1. The number of nitrogens with one attached hydrogen (secondary N) is 2. The minimum absolute atomic E-state index is 0.171. The fourth-order valence-electron chi connectivity index (χ4n) is 2.54. The van der Waals surface area contributed by atoms with Crippen LogP contribution in [0.25, 0.3) is 5.95 Å². The molecule has 0 aromatic carbocycles. The van der Waals surface area contributed by atoms with Crippen LogP contribution in [0.1, 0.15) is 32.1 Å². The summed E-state index contributed by atoms with van der Waals surface area (Å²) in [5, 5.41) is 19.4. The Morgan fingerprint density at radius 2 is 2.14 bits per heavy atom. The van der Waals surface area contributed by atoms with Gasteiger partial charge in [0.15, 0.2) is 0 Å². The molecule has 0 radical (unpaired) electrons. The lowest BCUT2D eigenvalue weighted by Gasteiger charge is -2.22. The molecule has 0 spiro atoms. The van der Waals surface area contributed by atoms with Crippen molar-refractivity contribution in [2.24, 2.45) is 0 Å². The van der Waals surface area contributed by atoms with E-state index in [9.17, 15) is 9.90 Å². The van der Waals surface area contributed by atoms with Gasteiger partial charge in [-0.15, -0.1) is 0 Å². The van der Waals surface area contributed by atoms with Gasteiger partial charge in [0, 0.05) is 18.4 Å². The maximum Gasteiger partial charge on any atom is 0.319 e. The lowest BCUT2D eigenvalue weighted by Crippen LogP contribution is -2.39. The van der Waals surface area contributed by atoms with Crippen molar-refractivity contribution >= 4 is 11.7 Å². The molecule has 3 N–H and O–H groups in total. The minimum Gasteiger partial charge on any atom is -0.492 e. The molecule has 1 saturated carbocycles. The van der Waals surface area contributed by atoms with Gasteiger partial charge in [-0.1, -0.05) is 19.3 Å². The molecule has 2 aromatic heterocycles. The van der Waals surface area contributed by atoms with Crippen LogP contribution in [-0.4, -0.2) is 36.9 Å². The van der Waals surface area contributed by atoms with Crippen LogP contribution in [0.4, 0.5) is 10.5 Å². The van der Waals surface area contributed by atoms with Crippen LogP contribution < -0.4 is 10.6 Å². The first-order valence-electron chi connectivity index (χ1n) is 7.36. The smallest absolute Gasteiger partial charge is 0.319 e. The lowest BCUT2D eigenvalue weighted by molar-refractivity contribution is 0.244. The molecule has 0 atom stereocenters. The van der Waals surface area contributed by atoms with Crippen LogP contribution in [0.15, 0.2) is 24.7 Å². The highest BCUT2D eigenvalue weighted by atomic mass is 16.3. The Balaban J connectivity index is 1.63. The summed E-state index contributed by atoms with van der Waals surface area (Å²) in [6.07, 6.45) is 10.1. The third-order valence-corrected chi connectivity index (χ3v) is 3.65. The Kier molecular flexibility index (Phi) is 4.17. The summed E-state index contributed by atoms with van der Waals surface area (Å²) in [5.41, 5.74) is 0.171. The van der Waals surface area contributed by atoms with Gasteiger partial charge in [-0.2, -0.15) is 10.1 Å². The summed E-state index contributed by atoms with van der Waals surface area (Å²) >= 11 is 0. The first-order valence-corrected chi connectivity index (χ1v) is 7.36. The first kappa shape index (κ1) is 14.3. The highest BCUT2D eigenvalue weighted by molar-refractivity contribution is 5.90. The molecule has 22 heavy (non-hydrogen) atoms. The Hall–Kier alpha value is -2.64. The zero-order chi connectivity index (χ0) is 15.4. The molecule has 8 nitrogen and oxygen atoms in total. The number of nitrogens with zero attached hydrogens (tertiary/aromatic N) is 4. The summed E-state index contributed by atoms with van der Waals surface area (Å²) in [6.45, 7) is 0. The first-order chi connectivity index (χ1) is 10.7.